The fourth-order valence-electron chi connectivity index (χ4n) is 3.05. The summed E-state index contributed by atoms with van der Waals surface area (Å²) in [5.74, 6) is -0.884. The van der Waals surface area contributed by atoms with Gasteiger partial charge in [0.05, 0.1) is 12.0 Å². The molecular weight excluding hydrogens is 342 g/mol. The van der Waals surface area contributed by atoms with Crippen molar-refractivity contribution in [1.29, 1.82) is 0 Å². The average molecular weight is 361 g/mol. The van der Waals surface area contributed by atoms with Crippen molar-refractivity contribution in [2.24, 2.45) is 0 Å². The molecule has 1 saturated heterocycles. The number of hydrogen-bond donors (Lipinski definition) is 1. The lowest BCUT2D eigenvalue weighted by Crippen LogP contribution is -2.27. The van der Waals surface area contributed by atoms with Crippen LogP contribution in [0, 0.1) is 0 Å². The second-order valence-electron chi connectivity index (χ2n) is 5.83. The van der Waals surface area contributed by atoms with Gasteiger partial charge in [-0.25, -0.2) is 13.2 Å². The zero-order valence-electron chi connectivity index (χ0n) is 13.8. The van der Waals surface area contributed by atoms with E-state index in [0.29, 0.717) is 24.2 Å². The van der Waals surface area contributed by atoms with Crippen LogP contribution < -0.4 is 4.74 Å². The number of methoxy groups -OCH3 is 1. The van der Waals surface area contributed by atoms with Gasteiger partial charge in [-0.1, -0.05) is 24.3 Å². The first-order chi connectivity index (χ1) is 11.9. The number of benzene rings is 2. The molecule has 25 heavy (non-hydrogen) atoms. The van der Waals surface area contributed by atoms with E-state index in [4.69, 9.17) is 4.74 Å². The zero-order chi connectivity index (χ0) is 18.0. The fraction of sp³-hybridized carbons (Fsp3) is 0.278. The highest BCUT2D eigenvalue weighted by Crippen LogP contribution is 2.34. The first-order valence-electron chi connectivity index (χ1n) is 7.96. The Morgan fingerprint density at radius 2 is 1.80 bits per heavy atom. The Morgan fingerprint density at radius 1 is 1.12 bits per heavy atom. The molecule has 3 rings (SSSR count). The number of nitrogens with zero attached hydrogens (tertiary/aromatic N) is 1. The number of carbonyl (C=O) groups is 1. The summed E-state index contributed by atoms with van der Waals surface area (Å²) in [6.07, 6.45) is 1.74. The lowest BCUT2D eigenvalue weighted by Gasteiger charge is -2.17. The van der Waals surface area contributed by atoms with E-state index in [9.17, 15) is 18.3 Å². The minimum atomic E-state index is -3.54. The molecule has 2 aromatic rings. The number of carboxylic acid groups (broad SMARTS) is 1. The summed E-state index contributed by atoms with van der Waals surface area (Å²) in [5, 5.41) is 9.31. The third-order valence-corrected chi connectivity index (χ3v) is 6.19. The second-order valence-corrected chi connectivity index (χ2v) is 7.77. The Morgan fingerprint density at radius 3 is 2.44 bits per heavy atom. The Hall–Kier alpha value is -2.38. The molecule has 0 bridgehead atoms. The van der Waals surface area contributed by atoms with Crippen LogP contribution in [0.3, 0.4) is 0 Å². The molecule has 2 aromatic carbocycles. The maximum Gasteiger partial charge on any atom is 0.339 e. The third-order valence-electron chi connectivity index (χ3n) is 4.30. The van der Waals surface area contributed by atoms with E-state index < -0.39 is 16.0 Å². The van der Waals surface area contributed by atoms with E-state index in [1.165, 1.54) is 17.5 Å². The van der Waals surface area contributed by atoms with E-state index in [1.807, 2.05) is 0 Å². The number of hydrogen-bond acceptors (Lipinski definition) is 4. The van der Waals surface area contributed by atoms with Crippen LogP contribution in [0.1, 0.15) is 23.2 Å². The molecule has 1 N–H and O–H groups in total. The van der Waals surface area contributed by atoms with Gasteiger partial charge in [0.15, 0.2) is 0 Å². The second kappa shape index (κ2) is 6.85. The molecule has 6 nitrogen and oxygen atoms in total. The normalized spacial score (nSPS) is 15.2. The van der Waals surface area contributed by atoms with Crippen LogP contribution in [-0.2, 0) is 10.0 Å². The lowest BCUT2D eigenvalue weighted by molar-refractivity contribution is 0.0693. The predicted octanol–water partition coefficient (Wildman–Crippen LogP) is 2.84. The Kier molecular flexibility index (Phi) is 4.78. The van der Waals surface area contributed by atoms with Gasteiger partial charge in [0, 0.05) is 18.7 Å². The van der Waals surface area contributed by atoms with Crippen molar-refractivity contribution in [2.75, 3.05) is 20.2 Å². The van der Waals surface area contributed by atoms with E-state index in [-0.39, 0.29) is 16.2 Å². The number of carboxylic acids is 1. The summed E-state index contributed by atoms with van der Waals surface area (Å²) < 4.78 is 32.3. The first kappa shape index (κ1) is 17.4. The van der Waals surface area contributed by atoms with Crippen LogP contribution >= 0.6 is 0 Å². The smallest absolute Gasteiger partial charge is 0.339 e. The van der Waals surface area contributed by atoms with Gasteiger partial charge in [-0.15, -0.1) is 0 Å². The van der Waals surface area contributed by atoms with Crippen LogP contribution in [0.4, 0.5) is 0 Å². The van der Waals surface area contributed by atoms with Crippen molar-refractivity contribution in [1.82, 2.24) is 4.31 Å². The summed E-state index contributed by atoms with van der Waals surface area (Å²) in [6.45, 7) is 1.06. The summed E-state index contributed by atoms with van der Waals surface area (Å²) in [6, 6.07) is 11.3. The number of rotatable bonds is 5. The van der Waals surface area contributed by atoms with Crippen molar-refractivity contribution >= 4 is 16.0 Å². The molecule has 1 aliphatic heterocycles. The number of ether oxygens (including phenoxy) is 1. The lowest BCUT2D eigenvalue weighted by atomic mass is 10.0. The van der Waals surface area contributed by atoms with Gasteiger partial charge in [-0.3, -0.25) is 0 Å². The quantitative estimate of drug-likeness (QED) is 0.885. The molecule has 7 heteroatoms. The summed E-state index contributed by atoms with van der Waals surface area (Å²) in [4.78, 5) is 11.6. The predicted molar refractivity (Wildman–Crippen MR) is 93.4 cm³/mol. The number of aromatic carboxylic acids is 1. The SMILES string of the molecule is COc1c(C(=O)O)cccc1-c1cccc(S(=O)(=O)N2CCCC2)c1. The van der Waals surface area contributed by atoms with Crippen molar-refractivity contribution in [3.8, 4) is 16.9 Å². The molecule has 0 atom stereocenters. The van der Waals surface area contributed by atoms with Gasteiger partial charge in [-0.05, 0) is 36.6 Å². The minimum absolute atomic E-state index is 0.0350. The van der Waals surface area contributed by atoms with Crippen molar-refractivity contribution in [3.63, 3.8) is 0 Å². The van der Waals surface area contributed by atoms with Gasteiger partial charge in [0.1, 0.15) is 11.3 Å². The van der Waals surface area contributed by atoms with Gasteiger partial charge >= 0.3 is 5.97 Å². The Bertz CT molecular complexity index is 901. The average Bonchev–Trinajstić information content (AvgIpc) is 3.16. The minimum Gasteiger partial charge on any atom is -0.495 e. The summed E-state index contributed by atoms with van der Waals surface area (Å²) >= 11 is 0. The summed E-state index contributed by atoms with van der Waals surface area (Å²) in [7, 11) is -2.14. The molecule has 0 aromatic heterocycles. The monoisotopic (exact) mass is 361 g/mol. The standard InChI is InChI=1S/C18H19NO5S/c1-24-17-15(8-5-9-16(17)18(20)21)13-6-4-7-14(12-13)25(22,23)19-10-2-3-11-19/h4-9,12H,2-3,10-11H2,1H3,(H,20,21). The maximum absolute atomic E-state index is 12.7. The molecule has 1 aliphatic rings. The topological polar surface area (TPSA) is 83.9 Å². The van der Waals surface area contributed by atoms with Gasteiger partial charge in [0.25, 0.3) is 0 Å². The van der Waals surface area contributed by atoms with E-state index in [2.05, 4.69) is 0 Å². The fourth-order valence-corrected chi connectivity index (χ4v) is 4.62. The number of sulfonamides is 1. The van der Waals surface area contributed by atoms with Gasteiger partial charge < -0.3 is 9.84 Å². The molecular formula is C18H19NO5S. The molecule has 1 heterocycles. The summed E-state index contributed by atoms with van der Waals surface area (Å²) in [5.41, 5.74) is 1.17. The van der Waals surface area contributed by atoms with E-state index >= 15 is 0 Å². The van der Waals surface area contributed by atoms with Crippen molar-refractivity contribution in [3.05, 3.63) is 48.0 Å². The Balaban J connectivity index is 2.09. The van der Waals surface area contributed by atoms with Crippen LogP contribution in [0.25, 0.3) is 11.1 Å². The van der Waals surface area contributed by atoms with Gasteiger partial charge in [-0.2, -0.15) is 4.31 Å². The van der Waals surface area contributed by atoms with Gasteiger partial charge in [0.2, 0.25) is 10.0 Å². The van der Waals surface area contributed by atoms with E-state index in [0.717, 1.165) is 12.8 Å². The molecule has 0 unspecified atom stereocenters. The number of para-hydroxylation sites is 1. The third kappa shape index (κ3) is 3.25. The highest BCUT2D eigenvalue weighted by Gasteiger charge is 2.27. The largest absolute Gasteiger partial charge is 0.495 e. The Labute approximate surface area is 146 Å². The molecule has 0 radical (unpaired) electrons. The highest BCUT2D eigenvalue weighted by atomic mass is 32.2. The van der Waals surface area contributed by atoms with Crippen LogP contribution in [0.15, 0.2) is 47.4 Å². The van der Waals surface area contributed by atoms with Crippen LogP contribution in [-0.4, -0.2) is 44.0 Å². The zero-order valence-corrected chi connectivity index (χ0v) is 14.6. The molecule has 0 saturated carbocycles. The van der Waals surface area contributed by atoms with Crippen LogP contribution in [0.2, 0.25) is 0 Å². The molecule has 0 spiro atoms. The molecule has 0 aliphatic carbocycles. The molecule has 1 fully saturated rings. The maximum atomic E-state index is 12.7. The first-order valence-corrected chi connectivity index (χ1v) is 9.40. The molecule has 132 valence electrons. The molecule has 0 amide bonds. The highest BCUT2D eigenvalue weighted by molar-refractivity contribution is 7.89. The van der Waals surface area contributed by atoms with Crippen molar-refractivity contribution < 1.29 is 23.1 Å². The van der Waals surface area contributed by atoms with E-state index in [1.54, 1.807) is 36.4 Å². The van der Waals surface area contributed by atoms with Crippen LogP contribution in [0.5, 0.6) is 5.75 Å². The van der Waals surface area contributed by atoms with Crippen molar-refractivity contribution in [2.45, 2.75) is 17.7 Å².